The molecule has 2 aromatic rings. The summed E-state index contributed by atoms with van der Waals surface area (Å²) in [5.41, 5.74) is 0.951. The molecule has 0 spiro atoms. The van der Waals surface area contributed by atoms with Crippen LogP contribution in [0.5, 0.6) is 5.75 Å². The number of aliphatic carboxylic acids is 1. The van der Waals surface area contributed by atoms with Crippen LogP contribution in [-0.4, -0.2) is 43.5 Å². The van der Waals surface area contributed by atoms with E-state index in [1.54, 1.807) is 18.2 Å². The highest BCUT2D eigenvalue weighted by Gasteiger charge is 2.40. The van der Waals surface area contributed by atoms with Gasteiger partial charge in [0, 0.05) is 6.54 Å². The summed E-state index contributed by atoms with van der Waals surface area (Å²) in [6, 6.07) is 12.4. The van der Waals surface area contributed by atoms with E-state index in [0.29, 0.717) is 17.8 Å². The number of ether oxygens (including phenoxy) is 1. The molecule has 1 N–H and O–H groups in total. The van der Waals surface area contributed by atoms with Crippen molar-refractivity contribution < 1.29 is 23.1 Å². The molecule has 2 aromatic carbocycles. The molecule has 0 bridgehead atoms. The van der Waals surface area contributed by atoms with E-state index in [1.165, 1.54) is 19.2 Å². The zero-order chi connectivity index (χ0) is 19.4. The maximum Gasteiger partial charge on any atom is 0.322 e. The van der Waals surface area contributed by atoms with Crippen molar-refractivity contribution in [2.24, 2.45) is 10.2 Å². The molecule has 0 aliphatic carbocycles. The molecule has 3 rings (SSSR count). The van der Waals surface area contributed by atoms with Crippen LogP contribution in [0, 0.1) is 0 Å². The number of sulfonamides is 1. The summed E-state index contributed by atoms with van der Waals surface area (Å²) in [5, 5.41) is 17.5. The molecule has 8 nitrogen and oxygen atoms in total. The van der Waals surface area contributed by atoms with Crippen molar-refractivity contribution >= 4 is 27.4 Å². The third-order valence-corrected chi connectivity index (χ3v) is 6.19. The number of carboxylic acid groups (broad SMARTS) is 1. The topological polar surface area (TPSA) is 109 Å². The van der Waals surface area contributed by atoms with Crippen LogP contribution in [0.1, 0.15) is 12.8 Å². The van der Waals surface area contributed by atoms with Crippen LogP contribution in [0.15, 0.2) is 63.7 Å². The number of hydrogen-bond donors (Lipinski definition) is 1. The second kappa shape index (κ2) is 7.85. The number of hydrogen-bond acceptors (Lipinski definition) is 6. The number of methoxy groups -OCH3 is 1. The van der Waals surface area contributed by atoms with Crippen LogP contribution in [0.4, 0.5) is 11.4 Å². The number of carbonyl (C=O) groups is 1. The minimum absolute atomic E-state index is 0.123. The van der Waals surface area contributed by atoms with Gasteiger partial charge in [-0.25, -0.2) is 8.42 Å². The van der Waals surface area contributed by atoms with Crippen molar-refractivity contribution in [1.29, 1.82) is 0 Å². The predicted molar refractivity (Wildman–Crippen MR) is 98.2 cm³/mol. The van der Waals surface area contributed by atoms with Crippen molar-refractivity contribution in [3.8, 4) is 5.75 Å². The highest BCUT2D eigenvalue weighted by atomic mass is 32.2. The fourth-order valence-corrected chi connectivity index (χ4v) is 4.77. The van der Waals surface area contributed by atoms with Crippen molar-refractivity contribution in [2.45, 2.75) is 23.8 Å². The van der Waals surface area contributed by atoms with Crippen LogP contribution < -0.4 is 4.74 Å². The second-order valence-electron chi connectivity index (χ2n) is 5.98. The van der Waals surface area contributed by atoms with Crippen LogP contribution in [0.3, 0.4) is 0 Å². The minimum atomic E-state index is -4.06. The molecule has 1 fully saturated rings. The van der Waals surface area contributed by atoms with Gasteiger partial charge in [-0.2, -0.15) is 14.5 Å². The Hall–Kier alpha value is -2.78. The lowest BCUT2D eigenvalue weighted by atomic mass is 10.2. The first kappa shape index (κ1) is 19.0. The standard InChI is InChI=1S/C18H19N3O5S/c1-26-16-10-9-14(20-19-13-6-3-2-4-7-13)12-17(16)27(24,25)21-11-5-8-15(21)18(22)23/h2-4,6-7,9-10,12,15H,5,8,11H2,1H3,(H,22,23). The molecular formula is C18H19N3O5S. The molecule has 0 aromatic heterocycles. The molecule has 0 saturated carbocycles. The van der Waals surface area contributed by atoms with E-state index in [0.717, 1.165) is 4.31 Å². The third kappa shape index (κ3) is 3.99. The predicted octanol–water partition coefficient (Wildman–Crippen LogP) is 3.35. The summed E-state index contributed by atoms with van der Waals surface area (Å²) in [6.45, 7) is 0.151. The van der Waals surface area contributed by atoms with Gasteiger partial charge in [-0.1, -0.05) is 18.2 Å². The molecule has 27 heavy (non-hydrogen) atoms. The maximum absolute atomic E-state index is 13.1. The fraction of sp³-hybridized carbons (Fsp3) is 0.278. The van der Waals surface area contributed by atoms with Crippen molar-refractivity contribution in [3.63, 3.8) is 0 Å². The molecule has 0 amide bonds. The third-order valence-electron chi connectivity index (χ3n) is 4.26. The lowest BCUT2D eigenvalue weighted by molar-refractivity contribution is -0.140. The lowest BCUT2D eigenvalue weighted by Crippen LogP contribution is -2.40. The van der Waals surface area contributed by atoms with Gasteiger partial charge in [-0.05, 0) is 43.2 Å². The van der Waals surface area contributed by atoms with Gasteiger partial charge in [0.2, 0.25) is 10.0 Å². The number of azo groups is 1. The van der Waals surface area contributed by atoms with E-state index in [-0.39, 0.29) is 23.6 Å². The SMILES string of the molecule is COc1ccc(N=Nc2ccccc2)cc1S(=O)(=O)N1CCCC1C(=O)O. The number of rotatable bonds is 6. The molecular weight excluding hydrogens is 370 g/mol. The number of benzene rings is 2. The van der Waals surface area contributed by atoms with Gasteiger partial charge in [-0.15, -0.1) is 0 Å². The molecule has 1 unspecified atom stereocenters. The first-order valence-electron chi connectivity index (χ1n) is 8.33. The molecule has 0 radical (unpaired) electrons. The van der Waals surface area contributed by atoms with E-state index in [9.17, 15) is 18.3 Å². The zero-order valence-corrected chi connectivity index (χ0v) is 15.5. The largest absolute Gasteiger partial charge is 0.495 e. The summed E-state index contributed by atoms with van der Waals surface area (Å²) in [5.74, 6) is -1.03. The minimum Gasteiger partial charge on any atom is -0.495 e. The average Bonchev–Trinajstić information content (AvgIpc) is 3.18. The maximum atomic E-state index is 13.1. The van der Waals surface area contributed by atoms with Crippen molar-refractivity contribution in [1.82, 2.24) is 4.31 Å². The summed E-state index contributed by atoms with van der Waals surface area (Å²) in [6.07, 6.45) is 0.774. The monoisotopic (exact) mass is 389 g/mol. The fourth-order valence-electron chi connectivity index (χ4n) is 2.94. The summed E-state index contributed by atoms with van der Waals surface area (Å²) < 4.78 is 32.3. The van der Waals surface area contributed by atoms with Crippen LogP contribution in [0.25, 0.3) is 0 Å². The molecule has 1 aliphatic rings. The van der Waals surface area contributed by atoms with Gasteiger partial charge in [0.05, 0.1) is 18.5 Å². The van der Waals surface area contributed by atoms with Gasteiger partial charge in [0.25, 0.3) is 0 Å². The van der Waals surface area contributed by atoms with E-state index >= 15 is 0 Å². The first-order chi connectivity index (χ1) is 12.9. The molecule has 1 heterocycles. The van der Waals surface area contributed by atoms with Gasteiger partial charge in [-0.3, -0.25) is 4.79 Å². The van der Waals surface area contributed by atoms with Gasteiger partial charge >= 0.3 is 5.97 Å². The van der Waals surface area contributed by atoms with E-state index in [2.05, 4.69) is 10.2 Å². The summed E-state index contributed by atoms with van der Waals surface area (Å²) >= 11 is 0. The molecule has 9 heteroatoms. The van der Waals surface area contributed by atoms with Gasteiger partial charge in [0.15, 0.2) is 0 Å². The highest BCUT2D eigenvalue weighted by Crippen LogP contribution is 2.34. The van der Waals surface area contributed by atoms with Crippen LogP contribution in [-0.2, 0) is 14.8 Å². The van der Waals surface area contributed by atoms with Gasteiger partial charge in [0.1, 0.15) is 16.7 Å². The van der Waals surface area contributed by atoms with E-state index in [1.807, 2.05) is 18.2 Å². The Balaban J connectivity index is 1.98. The van der Waals surface area contributed by atoms with Gasteiger partial charge < -0.3 is 9.84 Å². The Labute approximate surface area is 157 Å². The van der Waals surface area contributed by atoms with E-state index in [4.69, 9.17) is 4.74 Å². The summed E-state index contributed by atoms with van der Waals surface area (Å²) in [7, 11) is -2.70. The molecule has 1 aliphatic heterocycles. The molecule has 142 valence electrons. The Kier molecular flexibility index (Phi) is 5.52. The second-order valence-corrected chi connectivity index (χ2v) is 7.84. The lowest BCUT2D eigenvalue weighted by Gasteiger charge is -2.22. The quantitative estimate of drug-likeness (QED) is 0.762. The molecule has 1 saturated heterocycles. The number of carboxylic acids is 1. The van der Waals surface area contributed by atoms with Crippen LogP contribution in [0.2, 0.25) is 0 Å². The van der Waals surface area contributed by atoms with Crippen molar-refractivity contribution in [3.05, 3.63) is 48.5 Å². The number of nitrogens with zero attached hydrogens (tertiary/aromatic N) is 3. The van der Waals surface area contributed by atoms with E-state index < -0.39 is 22.0 Å². The first-order valence-corrected chi connectivity index (χ1v) is 9.77. The average molecular weight is 389 g/mol. The zero-order valence-electron chi connectivity index (χ0n) is 14.6. The Morgan fingerprint density at radius 3 is 2.52 bits per heavy atom. The van der Waals surface area contributed by atoms with Crippen molar-refractivity contribution in [2.75, 3.05) is 13.7 Å². The Morgan fingerprint density at radius 2 is 1.85 bits per heavy atom. The normalized spacial score (nSPS) is 18.0. The molecule has 1 atom stereocenters. The Bertz CT molecular complexity index is 960. The Morgan fingerprint density at radius 1 is 1.15 bits per heavy atom. The van der Waals surface area contributed by atoms with Crippen LogP contribution >= 0.6 is 0 Å². The smallest absolute Gasteiger partial charge is 0.322 e. The highest BCUT2D eigenvalue weighted by molar-refractivity contribution is 7.89. The summed E-state index contributed by atoms with van der Waals surface area (Å²) in [4.78, 5) is 11.3.